The molecule has 2 aliphatic rings. The highest BCUT2D eigenvalue weighted by molar-refractivity contribution is 8.01. The molecule has 0 radical (unpaired) electrons. The van der Waals surface area contributed by atoms with E-state index >= 15 is 0 Å². The zero-order valence-corrected chi connectivity index (χ0v) is 16.5. The first kappa shape index (κ1) is 17.2. The average molecular weight is 397 g/mol. The maximum absolute atomic E-state index is 13.5. The minimum atomic E-state index is -0.0872. The molecule has 0 saturated carbocycles. The third kappa shape index (κ3) is 3.37. The average Bonchev–Trinajstić information content (AvgIpc) is 3.44. The van der Waals surface area contributed by atoms with Crippen LogP contribution in [0.1, 0.15) is 18.4 Å². The standard InChI is InChI=1S/C21H20N2O2S2/c24-20(19-12-14-6-1-3-9-17(14)26-19)23(13-15-7-5-11-25-15)21-22-16-8-2-4-10-18(16)27-21/h1-4,6,8-10,15,19H,5,7,11-13H2/t15-,19+/m1/s1. The smallest absolute Gasteiger partial charge is 0.242 e. The van der Waals surface area contributed by atoms with Crippen LogP contribution in [-0.2, 0) is 16.0 Å². The van der Waals surface area contributed by atoms with Crippen LogP contribution < -0.4 is 4.90 Å². The Morgan fingerprint density at radius 3 is 2.85 bits per heavy atom. The number of anilines is 1. The van der Waals surface area contributed by atoms with Crippen LogP contribution >= 0.6 is 23.1 Å². The second kappa shape index (κ2) is 7.26. The fourth-order valence-corrected chi connectivity index (χ4v) is 5.96. The summed E-state index contributed by atoms with van der Waals surface area (Å²) in [7, 11) is 0. The van der Waals surface area contributed by atoms with E-state index in [-0.39, 0.29) is 17.3 Å². The zero-order chi connectivity index (χ0) is 18.2. The molecule has 2 aliphatic heterocycles. The van der Waals surface area contributed by atoms with E-state index in [2.05, 4.69) is 18.2 Å². The second-order valence-electron chi connectivity index (χ2n) is 6.97. The SMILES string of the molecule is O=C([C@@H]1Cc2ccccc2S1)N(C[C@H]1CCCO1)c1nc2ccccc2s1. The van der Waals surface area contributed by atoms with E-state index in [1.165, 1.54) is 10.5 Å². The third-order valence-electron chi connectivity index (χ3n) is 5.11. The number of rotatable bonds is 4. The van der Waals surface area contributed by atoms with Crippen LogP contribution in [0.3, 0.4) is 0 Å². The number of hydrogen-bond donors (Lipinski definition) is 0. The van der Waals surface area contributed by atoms with E-state index in [0.29, 0.717) is 6.54 Å². The molecule has 3 aromatic rings. The molecule has 0 N–H and O–H groups in total. The number of fused-ring (bicyclic) bond motifs is 2. The van der Waals surface area contributed by atoms with Crippen molar-refractivity contribution >= 4 is 44.4 Å². The summed E-state index contributed by atoms with van der Waals surface area (Å²) in [5.74, 6) is 0.144. The van der Waals surface area contributed by atoms with Crippen molar-refractivity contribution in [2.24, 2.45) is 0 Å². The van der Waals surface area contributed by atoms with Crippen LogP contribution in [0, 0.1) is 0 Å². The largest absolute Gasteiger partial charge is 0.376 e. The molecule has 0 bridgehead atoms. The summed E-state index contributed by atoms with van der Waals surface area (Å²) < 4.78 is 6.94. The van der Waals surface area contributed by atoms with Crippen LogP contribution in [0.4, 0.5) is 5.13 Å². The summed E-state index contributed by atoms with van der Waals surface area (Å²) in [6.45, 7) is 1.38. The Bertz CT molecular complexity index is 923. The molecule has 4 nitrogen and oxygen atoms in total. The first-order chi connectivity index (χ1) is 13.3. The minimum absolute atomic E-state index is 0.0872. The molecule has 3 heterocycles. The van der Waals surface area contributed by atoms with E-state index in [0.717, 1.165) is 41.2 Å². The van der Waals surface area contributed by atoms with Gasteiger partial charge in [0.1, 0.15) is 0 Å². The zero-order valence-electron chi connectivity index (χ0n) is 14.8. The summed E-state index contributed by atoms with van der Waals surface area (Å²) >= 11 is 3.27. The number of nitrogens with zero attached hydrogens (tertiary/aromatic N) is 2. The predicted molar refractivity (Wildman–Crippen MR) is 111 cm³/mol. The maximum atomic E-state index is 13.5. The third-order valence-corrected chi connectivity index (χ3v) is 7.48. The van der Waals surface area contributed by atoms with Gasteiger partial charge in [-0.25, -0.2) is 4.98 Å². The molecule has 6 heteroatoms. The number of para-hydroxylation sites is 1. The van der Waals surface area contributed by atoms with E-state index in [4.69, 9.17) is 9.72 Å². The van der Waals surface area contributed by atoms with E-state index < -0.39 is 0 Å². The fraction of sp³-hybridized carbons (Fsp3) is 0.333. The summed E-state index contributed by atoms with van der Waals surface area (Å²) in [5.41, 5.74) is 2.22. The number of hydrogen-bond acceptors (Lipinski definition) is 5. The van der Waals surface area contributed by atoms with Gasteiger partial charge in [-0.3, -0.25) is 9.69 Å². The van der Waals surface area contributed by atoms with Crippen molar-refractivity contribution in [3.05, 3.63) is 54.1 Å². The molecular weight excluding hydrogens is 376 g/mol. The van der Waals surface area contributed by atoms with Crippen LogP contribution in [0.15, 0.2) is 53.4 Å². The predicted octanol–water partition coefficient (Wildman–Crippen LogP) is 4.53. The molecule has 27 heavy (non-hydrogen) atoms. The van der Waals surface area contributed by atoms with Crippen LogP contribution in [0.25, 0.3) is 10.2 Å². The van der Waals surface area contributed by atoms with E-state index in [1.807, 2.05) is 35.2 Å². The van der Waals surface area contributed by atoms with Gasteiger partial charge in [-0.15, -0.1) is 11.8 Å². The molecule has 5 rings (SSSR count). The molecule has 2 atom stereocenters. The number of carbonyl (C=O) groups excluding carboxylic acids is 1. The molecule has 0 unspecified atom stereocenters. The lowest BCUT2D eigenvalue weighted by Gasteiger charge is -2.25. The molecular formula is C21H20N2O2S2. The second-order valence-corrected chi connectivity index (χ2v) is 9.22. The first-order valence-corrected chi connectivity index (χ1v) is 11.0. The van der Waals surface area contributed by atoms with Crippen molar-refractivity contribution in [2.75, 3.05) is 18.1 Å². The number of thioether (sulfide) groups is 1. The Morgan fingerprint density at radius 2 is 2.04 bits per heavy atom. The maximum Gasteiger partial charge on any atom is 0.242 e. The Morgan fingerprint density at radius 1 is 1.19 bits per heavy atom. The highest BCUT2D eigenvalue weighted by Gasteiger charge is 2.35. The van der Waals surface area contributed by atoms with Crippen molar-refractivity contribution in [1.82, 2.24) is 4.98 Å². The van der Waals surface area contributed by atoms with Crippen molar-refractivity contribution in [3.63, 3.8) is 0 Å². The summed E-state index contributed by atoms with van der Waals surface area (Å²) in [6.07, 6.45) is 2.96. The summed E-state index contributed by atoms with van der Waals surface area (Å²) in [4.78, 5) is 21.3. The van der Waals surface area contributed by atoms with E-state index in [9.17, 15) is 4.79 Å². The molecule has 0 aliphatic carbocycles. The molecule has 138 valence electrons. The molecule has 1 amide bonds. The highest BCUT2D eigenvalue weighted by atomic mass is 32.2. The molecule has 2 aromatic carbocycles. The van der Waals surface area contributed by atoms with Gasteiger partial charge in [-0.1, -0.05) is 41.7 Å². The molecule has 1 saturated heterocycles. The lowest BCUT2D eigenvalue weighted by molar-refractivity contribution is -0.118. The summed E-state index contributed by atoms with van der Waals surface area (Å²) in [6, 6.07) is 16.4. The number of benzene rings is 2. The van der Waals surface area contributed by atoms with Gasteiger partial charge in [0.15, 0.2) is 5.13 Å². The van der Waals surface area contributed by atoms with Crippen LogP contribution in [0.2, 0.25) is 0 Å². The Hall–Kier alpha value is -1.89. The Balaban J connectivity index is 1.45. The monoisotopic (exact) mass is 396 g/mol. The normalized spacial score (nSPS) is 21.5. The number of thiazole rings is 1. The molecule has 1 aromatic heterocycles. The summed E-state index contributed by atoms with van der Waals surface area (Å²) in [5, 5.41) is 0.698. The van der Waals surface area contributed by atoms with Crippen molar-refractivity contribution in [3.8, 4) is 0 Å². The fourth-order valence-electron chi connectivity index (χ4n) is 3.72. The van der Waals surface area contributed by atoms with Gasteiger partial charge >= 0.3 is 0 Å². The molecule has 1 fully saturated rings. The minimum Gasteiger partial charge on any atom is -0.376 e. The lowest BCUT2D eigenvalue weighted by Crippen LogP contribution is -2.42. The highest BCUT2D eigenvalue weighted by Crippen LogP contribution is 2.39. The van der Waals surface area contributed by atoms with Gasteiger partial charge in [0.25, 0.3) is 0 Å². The lowest BCUT2D eigenvalue weighted by atomic mass is 10.1. The Kier molecular flexibility index (Phi) is 4.63. The number of aromatic nitrogens is 1. The van der Waals surface area contributed by atoms with E-state index in [1.54, 1.807) is 23.1 Å². The van der Waals surface area contributed by atoms with Crippen LogP contribution in [-0.4, -0.2) is 35.4 Å². The number of ether oxygens (including phenoxy) is 1. The van der Waals surface area contributed by atoms with Gasteiger partial charge in [0.05, 0.1) is 28.1 Å². The van der Waals surface area contributed by atoms with Gasteiger partial charge in [-0.05, 0) is 43.0 Å². The topological polar surface area (TPSA) is 42.4 Å². The quantitative estimate of drug-likeness (QED) is 0.650. The Labute approximate surface area is 166 Å². The van der Waals surface area contributed by atoms with Crippen LogP contribution in [0.5, 0.6) is 0 Å². The van der Waals surface area contributed by atoms with Gasteiger partial charge in [0.2, 0.25) is 5.91 Å². The van der Waals surface area contributed by atoms with Crippen molar-refractivity contribution in [1.29, 1.82) is 0 Å². The van der Waals surface area contributed by atoms with Gasteiger partial charge in [-0.2, -0.15) is 0 Å². The van der Waals surface area contributed by atoms with Gasteiger partial charge < -0.3 is 4.74 Å². The first-order valence-electron chi connectivity index (χ1n) is 9.31. The van der Waals surface area contributed by atoms with Gasteiger partial charge in [0, 0.05) is 11.5 Å². The van der Waals surface area contributed by atoms with Crippen molar-refractivity contribution < 1.29 is 9.53 Å². The molecule has 0 spiro atoms. The number of carbonyl (C=O) groups is 1. The number of amides is 1. The van der Waals surface area contributed by atoms with Crippen molar-refractivity contribution in [2.45, 2.75) is 35.5 Å².